The summed E-state index contributed by atoms with van der Waals surface area (Å²) in [6, 6.07) is 43.8. The molecule has 0 bridgehead atoms. The van der Waals surface area contributed by atoms with Crippen molar-refractivity contribution >= 4 is 55.6 Å². The van der Waals surface area contributed by atoms with Crippen molar-refractivity contribution in [3.8, 4) is 5.69 Å². The van der Waals surface area contributed by atoms with Crippen LogP contribution in [-0.2, 0) is 14.1 Å². The molecule has 7 nitrogen and oxygen atoms in total. The van der Waals surface area contributed by atoms with Crippen molar-refractivity contribution in [1.29, 1.82) is 0 Å². The van der Waals surface area contributed by atoms with Crippen LogP contribution in [0.15, 0.2) is 140 Å². The number of aryl methyl sites for hydroxylation is 2. The Bertz CT molecular complexity index is 2300. The SMILES string of the molecule is CC.CC.CNc1nccn1-c1ccccc1.Cn1c2ccccc2c2ccccc21.Cn1c2ccccc2n2c3ccccc3nc12. The fourth-order valence-electron chi connectivity index (χ4n) is 5.92. The first-order valence-electron chi connectivity index (χ1n) is 16.6. The van der Waals surface area contributed by atoms with Crippen LogP contribution < -0.4 is 5.32 Å². The van der Waals surface area contributed by atoms with Gasteiger partial charge in [-0.25, -0.2) is 9.97 Å². The van der Waals surface area contributed by atoms with Crippen LogP contribution in [0.4, 0.5) is 5.95 Å². The molecule has 0 spiro atoms. The molecule has 7 heteroatoms. The molecule has 5 aromatic carbocycles. The summed E-state index contributed by atoms with van der Waals surface area (Å²) in [6.45, 7) is 8.00. The Hall–Kier alpha value is -5.82. The third-order valence-electron chi connectivity index (χ3n) is 8.05. The lowest BCUT2D eigenvalue weighted by Gasteiger charge is -2.05. The van der Waals surface area contributed by atoms with Crippen molar-refractivity contribution in [2.24, 2.45) is 14.1 Å². The van der Waals surface area contributed by atoms with E-state index in [1.807, 2.05) is 81.9 Å². The smallest absolute Gasteiger partial charge is 0.215 e. The van der Waals surface area contributed by atoms with Crippen LogP contribution in [0.2, 0.25) is 0 Å². The maximum atomic E-state index is 4.68. The average molecular weight is 636 g/mol. The molecule has 0 fully saturated rings. The summed E-state index contributed by atoms with van der Waals surface area (Å²) in [7, 11) is 6.04. The van der Waals surface area contributed by atoms with Gasteiger partial charge in [-0.1, -0.05) is 107 Å². The van der Waals surface area contributed by atoms with Crippen LogP contribution >= 0.6 is 0 Å². The van der Waals surface area contributed by atoms with E-state index < -0.39 is 0 Å². The zero-order chi connectivity index (χ0) is 34.0. The first-order chi connectivity index (χ1) is 23.7. The molecule has 0 aliphatic carbocycles. The Kier molecular flexibility index (Phi) is 10.9. The van der Waals surface area contributed by atoms with Gasteiger partial charge in [0.15, 0.2) is 0 Å². The van der Waals surface area contributed by atoms with E-state index in [1.165, 1.54) is 38.4 Å². The van der Waals surface area contributed by atoms with Crippen molar-refractivity contribution < 1.29 is 0 Å². The molecule has 0 saturated carbocycles. The monoisotopic (exact) mass is 635 g/mol. The Labute approximate surface area is 282 Å². The van der Waals surface area contributed by atoms with Crippen LogP contribution in [-0.4, -0.2) is 35.1 Å². The van der Waals surface area contributed by atoms with E-state index >= 15 is 0 Å². The summed E-state index contributed by atoms with van der Waals surface area (Å²) in [5, 5.41) is 5.70. The Balaban J connectivity index is 0.000000135. The highest BCUT2D eigenvalue weighted by molar-refractivity contribution is 6.07. The second-order valence-electron chi connectivity index (χ2n) is 10.6. The lowest BCUT2D eigenvalue weighted by molar-refractivity contribution is 0.973. The molecule has 0 radical (unpaired) electrons. The van der Waals surface area contributed by atoms with Gasteiger partial charge >= 0.3 is 0 Å². The fourth-order valence-corrected chi connectivity index (χ4v) is 5.92. The molecule has 0 amide bonds. The maximum absolute atomic E-state index is 4.68. The zero-order valence-electron chi connectivity index (χ0n) is 29.0. The van der Waals surface area contributed by atoms with Crippen molar-refractivity contribution in [1.82, 2.24) is 28.1 Å². The first kappa shape index (κ1) is 33.5. The van der Waals surface area contributed by atoms with Crippen LogP contribution in [0, 0.1) is 0 Å². The quantitative estimate of drug-likeness (QED) is 0.206. The Morgan fingerprint density at radius 2 is 1.02 bits per heavy atom. The van der Waals surface area contributed by atoms with Gasteiger partial charge in [-0.15, -0.1) is 0 Å². The van der Waals surface area contributed by atoms with Crippen molar-refractivity contribution in [2.75, 3.05) is 12.4 Å². The number of rotatable bonds is 2. The molecular weight excluding hydrogens is 591 g/mol. The van der Waals surface area contributed by atoms with E-state index in [1.54, 1.807) is 6.20 Å². The molecule has 0 atom stereocenters. The second kappa shape index (κ2) is 15.6. The minimum Gasteiger partial charge on any atom is -0.358 e. The number of aromatic nitrogens is 6. The van der Waals surface area contributed by atoms with E-state index in [2.05, 4.69) is 134 Å². The molecule has 0 aliphatic heterocycles. The molecule has 1 N–H and O–H groups in total. The number of hydrogen-bond acceptors (Lipinski definition) is 3. The molecule has 4 aromatic heterocycles. The maximum Gasteiger partial charge on any atom is 0.215 e. The number of hydrogen-bond donors (Lipinski definition) is 1. The van der Waals surface area contributed by atoms with Gasteiger partial charge in [-0.3, -0.25) is 8.97 Å². The second-order valence-corrected chi connectivity index (χ2v) is 10.6. The molecule has 4 heterocycles. The highest BCUT2D eigenvalue weighted by atomic mass is 15.2. The van der Waals surface area contributed by atoms with Gasteiger partial charge in [0.05, 0.1) is 22.1 Å². The first-order valence-corrected chi connectivity index (χ1v) is 16.6. The summed E-state index contributed by atoms with van der Waals surface area (Å²) in [4.78, 5) is 8.84. The normalized spacial score (nSPS) is 10.4. The summed E-state index contributed by atoms with van der Waals surface area (Å²) in [6.07, 6.45) is 3.71. The lowest BCUT2D eigenvalue weighted by Crippen LogP contribution is -1.99. The van der Waals surface area contributed by atoms with Gasteiger partial charge in [-0.2, -0.15) is 0 Å². The van der Waals surface area contributed by atoms with E-state index in [0.29, 0.717) is 0 Å². The van der Waals surface area contributed by atoms with Gasteiger partial charge in [0.1, 0.15) is 0 Å². The minimum absolute atomic E-state index is 0.853. The molecule has 9 rings (SSSR count). The third-order valence-corrected chi connectivity index (χ3v) is 8.05. The van der Waals surface area contributed by atoms with Crippen LogP contribution in [0.3, 0.4) is 0 Å². The highest BCUT2D eigenvalue weighted by Gasteiger charge is 2.12. The Morgan fingerprint density at radius 3 is 1.62 bits per heavy atom. The van der Waals surface area contributed by atoms with E-state index in [0.717, 1.165) is 22.9 Å². The van der Waals surface area contributed by atoms with Gasteiger partial charge in [0, 0.05) is 61.0 Å². The van der Waals surface area contributed by atoms with Gasteiger partial charge in [0.2, 0.25) is 11.7 Å². The topological polar surface area (TPSA) is 57.0 Å². The fraction of sp³-hybridized carbons (Fsp3) is 0.171. The summed E-state index contributed by atoms with van der Waals surface area (Å²) in [5.41, 5.74) is 8.34. The van der Waals surface area contributed by atoms with Gasteiger partial charge in [-0.05, 0) is 48.5 Å². The predicted octanol–water partition coefficient (Wildman–Crippen LogP) is 10.3. The van der Waals surface area contributed by atoms with Crippen molar-refractivity contribution in [2.45, 2.75) is 27.7 Å². The molecule has 244 valence electrons. The number of benzene rings is 5. The standard InChI is InChI=1S/C14H11N3.C13H11N.C10H11N3.2C2H6/c1-16-12-8-4-5-9-13(12)17-11-7-3-2-6-10(11)15-14(16)17;1-14-12-8-4-2-6-10(12)11-7-3-5-9-13(11)14;1-11-10-12-7-8-13(10)9-5-3-2-4-6-9;2*1-2/h2-9H,1H3;2-9H,1H3;2-8H,1H3,(H,11,12);2*1-2H3. The number of fused-ring (bicyclic) bond motifs is 8. The minimum atomic E-state index is 0.853. The summed E-state index contributed by atoms with van der Waals surface area (Å²) in [5.74, 6) is 1.85. The number of para-hydroxylation sites is 7. The largest absolute Gasteiger partial charge is 0.358 e. The third kappa shape index (κ3) is 6.40. The molecule has 0 unspecified atom stereocenters. The predicted molar refractivity (Wildman–Crippen MR) is 205 cm³/mol. The Morgan fingerprint density at radius 1 is 0.521 bits per heavy atom. The van der Waals surface area contributed by atoms with Crippen LogP contribution in [0.1, 0.15) is 27.7 Å². The summed E-state index contributed by atoms with van der Waals surface area (Å²) < 4.78 is 8.59. The molecule has 9 aromatic rings. The lowest BCUT2D eigenvalue weighted by atomic mass is 10.2. The van der Waals surface area contributed by atoms with Gasteiger partial charge in [0.25, 0.3) is 0 Å². The molecule has 0 aliphatic rings. The van der Waals surface area contributed by atoms with E-state index in [4.69, 9.17) is 0 Å². The van der Waals surface area contributed by atoms with Crippen LogP contribution in [0.5, 0.6) is 0 Å². The molecule has 48 heavy (non-hydrogen) atoms. The average Bonchev–Trinajstić information content (AvgIpc) is 3.94. The van der Waals surface area contributed by atoms with Crippen molar-refractivity contribution in [3.63, 3.8) is 0 Å². The highest BCUT2D eigenvalue weighted by Crippen LogP contribution is 2.27. The number of anilines is 1. The number of imidazole rings is 3. The molecule has 0 saturated heterocycles. The summed E-state index contributed by atoms with van der Waals surface area (Å²) >= 11 is 0. The number of nitrogens with zero attached hydrogens (tertiary/aromatic N) is 6. The number of nitrogens with one attached hydrogen (secondary N) is 1. The van der Waals surface area contributed by atoms with Crippen molar-refractivity contribution in [3.05, 3.63) is 140 Å². The van der Waals surface area contributed by atoms with Crippen LogP contribution in [0.25, 0.3) is 55.3 Å². The van der Waals surface area contributed by atoms with Gasteiger partial charge < -0.3 is 14.5 Å². The zero-order valence-corrected chi connectivity index (χ0v) is 29.0. The van der Waals surface area contributed by atoms with E-state index in [9.17, 15) is 0 Å². The molecular formula is C41H45N7. The van der Waals surface area contributed by atoms with E-state index in [-0.39, 0.29) is 0 Å².